The van der Waals surface area contributed by atoms with Gasteiger partial charge in [-0.25, -0.2) is 4.98 Å². The van der Waals surface area contributed by atoms with Gasteiger partial charge in [0.15, 0.2) is 0 Å². The number of H-pyrrole nitrogens is 1. The monoisotopic (exact) mass is 245 g/mol. The molecule has 0 saturated heterocycles. The predicted molar refractivity (Wildman–Crippen MR) is 76.7 cm³/mol. The maximum absolute atomic E-state index is 5.88. The van der Waals surface area contributed by atoms with Gasteiger partial charge in [0.25, 0.3) is 0 Å². The lowest BCUT2D eigenvalue weighted by molar-refractivity contribution is 0.507. The maximum atomic E-state index is 5.88. The second-order valence-corrected chi connectivity index (χ2v) is 5.30. The number of nitrogens with one attached hydrogen (secondary N) is 1. The van der Waals surface area contributed by atoms with Crippen LogP contribution in [0.25, 0.3) is 11.0 Å². The smallest absolute Gasteiger partial charge is 0.107 e. The van der Waals surface area contributed by atoms with Gasteiger partial charge in [-0.2, -0.15) is 0 Å². The number of nitrogens with two attached hydrogens (primary N) is 1. The molecular formula is C15H23N3. The highest BCUT2D eigenvalue weighted by Gasteiger charge is 2.15. The summed E-state index contributed by atoms with van der Waals surface area (Å²) in [4.78, 5) is 7.99. The molecule has 2 aromatic rings. The molecule has 3 heteroatoms. The van der Waals surface area contributed by atoms with Crippen LogP contribution in [0, 0.1) is 5.92 Å². The number of hydrogen-bond donors (Lipinski definition) is 2. The third-order valence-electron chi connectivity index (χ3n) is 3.53. The Morgan fingerprint density at radius 2 is 2.11 bits per heavy atom. The van der Waals surface area contributed by atoms with Crippen molar-refractivity contribution < 1.29 is 0 Å². The van der Waals surface area contributed by atoms with Gasteiger partial charge >= 0.3 is 0 Å². The average Bonchev–Trinajstić information content (AvgIpc) is 2.71. The van der Waals surface area contributed by atoms with Crippen LogP contribution in [-0.4, -0.2) is 16.5 Å². The summed E-state index contributed by atoms with van der Waals surface area (Å²) >= 11 is 0. The number of aryl methyl sites for hydroxylation is 1. The van der Waals surface area contributed by atoms with Crippen LogP contribution in [-0.2, 0) is 6.42 Å². The highest BCUT2D eigenvalue weighted by atomic mass is 14.9. The van der Waals surface area contributed by atoms with Crippen LogP contribution in [0.1, 0.15) is 44.5 Å². The fraction of sp³-hybridized carbons (Fsp3) is 0.533. The number of imidazole rings is 1. The summed E-state index contributed by atoms with van der Waals surface area (Å²) < 4.78 is 0. The van der Waals surface area contributed by atoms with Gasteiger partial charge in [-0.15, -0.1) is 0 Å². The summed E-state index contributed by atoms with van der Waals surface area (Å²) in [7, 11) is 0. The average molecular weight is 245 g/mol. The van der Waals surface area contributed by atoms with Gasteiger partial charge in [-0.3, -0.25) is 0 Å². The maximum Gasteiger partial charge on any atom is 0.107 e. The van der Waals surface area contributed by atoms with Gasteiger partial charge in [0.05, 0.1) is 11.0 Å². The first-order valence-electron chi connectivity index (χ1n) is 6.84. The van der Waals surface area contributed by atoms with E-state index in [0.717, 1.165) is 29.7 Å². The van der Waals surface area contributed by atoms with Crippen LogP contribution in [0.2, 0.25) is 0 Å². The predicted octanol–water partition coefficient (Wildman–Crippen LogP) is 3.21. The van der Waals surface area contributed by atoms with Crippen LogP contribution in [0.5, 0.6) is 0 Å². The van der Waals surface area contributed by atoms with Gasteiger partial charge in [-0.05, 0) is 42.5 Å². The van der Waals surface area contributed by atoms with Crippen LogP contribution < -0.4 is 5.73 Å². The summed E-state index contributed by atoms with van der Waals surface area (Å²) in [5.74, 6) is 2.07. The van der Waals surface area contributed by atoms with E-state index in [-0.39, 0.29) is 0 Å². The van der Waals surface area contributed by atoms with Crippen LogP contribution in [0.15, 0.2) is 18.2 Å². The third kappa shape index (κ3) is 2.56. The van der Waals surface area contributed by atoms with Gasteiger partial charge in [0.1, 0.15) is 5.82 Å². The highest BCUT2D eigenvalue weighted by molar-refractivity contribution is 5.76. The summed E-state index contributed by atoms with van der Waals surface area (Å²) in [5.41, 5.74) is 9.38. The van der Waals surface area contributed by atoms with Crippen LogP contribution in [0.4, 0.5) is 0 Å². The lowest BCUT2D eigenvalue weighted by Crippen LogP contribution is -2.17. The minimum atomic E-state index is 0.423. The summed E-state index contributed by atoms with van der Waals surface area (Å²) in [6, 6.07) is 6.47. The molecule has 1 aromatic carbocycles. The molecule has 3 nitrogen and oxygen atoms in total. The highest BCUT2D eigenvalue weighted by Crippen LogP contribution is 2.26. The Bertz CT molecular complexity index is 513. The minimum absolute atomic E-state index is 0.423. The van der Waals surface area contributed by atoms with Gasteiger partial charge < -0.3 is 10.7 Å². The molecule has 1 aromatic heterocycles. The first-order valence-corrected chi connectivity index (χ1v) is 6.84. The molecule has 1 unspecified atom stereocenters. The Labute approximate surface area is 109 Å². The third-order valence-corrected chi connectivity index (χ3v) is 3.53. The molecule has 0 aliphatic rings. The number of aromatic nitrogens is 2. The van der Waals surface area contributed by atoms with Crippen molar-refractivity contribution in [2.45, 2.75) is 39.5 Å². The number of benzene rings is 1. The lowest BCUT2D eigenvalue weighted by atomic mass is 9.88. The zero-order valence-corrected chi connectivity index (χ0v) is 11.5. The fourth-order valence-electron chi connectivity index (χ4n) is 2.46. The van der Waals surface area contributed by atoms with E-state index in [2.05, 4.69) is 48.9 Å². The largest absolute Gasteiger partial charge is 0.342 e. The Morgan fingerprint density at radius 3 is 2.72 bits per heavy atom. The summed E-state index contributed by atoms with van der Waals surface area (Å²) in [5, 5.41) is 0. The molecule has 3 N–H and O–H groups in total. The molecule has 2 rings (SSSR count). The number of hydrogen-bond acceptors (Lipinski definition) is 2. The quantitative estimate of drug-likeness (QED) is 0.849. The number of aromatic amines is 1. The number of nitrogens with zero attached hydrogens (tertiary/aromatic N) is 1. The van der Waals surface area contributed by atoms with Crippen molar-refractivity contribution in [3.63, 3.8) is 0 Å². The van der Waals surface area contributed by atoms with E-state index in [4.69, 9.17) is 5.73 Å². The Morgan fingerprint density at radius 1 is 1.33 bits per heavy atom. The molecule has 0 amide bonds. The second kappa shape index (κ2) is 5.53. The fourth-order valence-corrected chi connectivity index (χ4v) is 2.46. The van der Waals surface area contributed by atoms with Gasteiger partial charge in [0.2, 0.25) is 0 Å². The van der Waals surface area contributed by atoms with E-state index in [1.54, 1.807) is 0 Å². The molecule has 98 valence electrons. The van der Waals surface area contributed by atoms with Crippen molar-refractivity contribution in [3.8, 4) is 0 Å². The van der Waals surface area contributed by atoms with Crippen molar-refractivity contribution in [1.82, 2.24) is 9.97 Å². The summed E-state index contributed by atoms with van der Waals surface area (Å²) in [6.45, 7) is 7.30. The van der Waals surface area contributed by atoms with E-state index < -0.39 is 0 Å². The number of rotatable bonds is 5. The zero-order valence-electron chi connectivity index (χ0n) is 11.5. The van der Waals surface area contributed by atoms with Crippen molar-refractivity contribution in [1.29, 1.82) is 0 Å². The van der Waals surface area contributed by atoms with E-state index >= 15 is 0 Å². The van der Waals surface area contributed by atoms with Crippen molar-refractivity contribution in [2.75, 3.05) is 6.54 Å². The van der Waals surface area contributed by atoms with Crippen LogP contribution in [0.3, 0.4) is 0 Å². The SMILES string of the molecule is CCCc1nc2ccc(C(CN)C(C)C)cc2[nH]1. The van der Waals surface area contributed by atoms with Gasteiger partial charge in [0, 0.05) is 6.42 Å². The normalized spacial score (nSPS) is 13.4. The van der Waals surface area contributed by atoms with Crippen molar-refractivity contribution in [2.24, 2.45) is 11.7 Å². The van der Waals surface area contributed by atoms with E-state index in [0.29, 0.717) is 18.4 Å². The molecule has 0 fully saturated rings. The van der Waals surface area contributed by atoms with E-state index in [9.17, 15) is 0 Å². The first-order chi connectivity index (χ1) is 8.65. The molecule has 0 bridgehead atoms. The van der Waals surface area contributed by atoms with Crippen molar-refractivity contribution >= 4 is 11.0 Å². The molecule has 1 atom stereocenters. The van der Waals surface area contributed by atoms with Crippen molar-refractivity contribution in [3.05, 3.63) is 29.6 Å². The van der Waals surface area contributed by atoms with E-state index in [1.807, 2.05) is 0 Å². The standard InChI is InChI=1S/C15H23N3/c1-4-5-15-17-13-7-6-11(8-14(13)18-15)12(9-16)10(2)3/h6-8,10,12H,4-5,9,16H2,1-3H3,(H,17,18). The molecule has 1 heterocycles. The lowest BCUT2D eigenvalue weighted by Gasteiger charge is -2.19. The zero-order chi connectivity index (χ0) is 13.1. The molecular weight excluding hydrogens is 222 g/mol. The second-order valence-electron chi connectivity index (χ2n) is 5.30. The van der Waals surface area contributed by atoms with E-state index in [1.165, 1.54) is 5.56 Å². The Balaban J connectivity index is 2.36. The topological polar surface area (TPSA) is 54.7 Å². The molecule has 18 heavy (non-hydrogen) atoms. The number of fused-ring (bicyclic) bond motifs is 1. The molecule has 0 saturated carbocycles. The minimum Gasteiger partial charge on any atom is -0.342 e. The Hall–Kier alpha value is -1.35. The molecule has 0 spiro atoms. The molecule has 0 aliphatic heterocycles. The Kier molecular flexibility index (Phi) is 4.02. The molecule has 0 radical (unpaired) electrons. The summed E-state index contributed by atoms with van der Waals surface area (Å²) in [6.07, 6.45) is 2.12. The van der Waals surface area contributed by atoms with Gasteiger partial charge in [-0.1, -0.05) is 26.8 Å². The van der Waals surface area contributed by atoms with Crippen LogP contribution >= 0.6 is 0 Å². The molecule has 0 aliphatic carbocycles. The first kappa shape index (κ1) is 13.1.